The number of likely N-dealkylation sites (tertiary alicyclic amines) is 1. The molecule has 0 aliphatic carbocycles. The standard InChI is InChI=1S/C27H25ClN8O2S/c28-21-14-31-27-33-20-9-16(12-29-13-20)1-2-18-11-19(32-24(21)35-27)3-4-22(18)34-23(37)10-17-5-7-36(15-17)26(38)25-30-6-8-39-25/h3-4,6,8-9,11-14,17H,1-2,5,7,10,15H2,(H,34,37)(H2,31,32,33,35)/t17-/m0/s1. The second kappa shape index (κ2) is 11.0. The molecule has 1 saturated heterocycles. The maximum absolute atomic E-state index is 13.1. The molecule has 2 amide bonds. The second-order valence-corrected chi connectivity index (χ2v) is 10.9. The summed E-state index contributed by atoms with van der Waals surface area (Å²) < 4.78 is 0. The van der Waals surface area contributed by atoms with E-state index in [-0.39, 0.29) is 17.7 Å². The SMILES string of the molecule is O=C(C[C@@H]1CCN(C(=O)c2nccs2)C1)Nc1ccc2cc1CCc1cncc(c1)Nc1ncc(Cl)c(n1)N2. The number of anilines is 5. The lowest BCUT2D eigenvalue weighted by Gasteiger charge is -2.17. The number of hydrogen-bond donors (Lipinski definition) is 3. The first-order chi connectivity index (χ1) is 19.0. The number of carbonyl (C=O) groups is 2. The Kier molecular flexibility index (Phi) is 7.08. The molecule has 1 aromatic carbocycles. The van der Waals surface area contributed by atoms with E-state index in [0.717, 1.165) is 41.0 Å². The molecule has 1 atom stereocenters. The van der Waals surface area contributed by atoms with Crippen molar-refractivity contribution in [3.8, 4) is 0 Å². The number of aryl methyl sites for hydroxylation is 2. The Balaban J connectivity index is 1.19. The maximum Gasteiger partial charge on any atom is 0.282 e. The van der Waals surface area contributed by atoms with E-state index in [2.05, 4.69) is 35.9 Å². The summed E-state index contributed by atoms with van der Waals surface area (Å²) in [6.45, 7) is 1.19. The minimum Gasteiger partial charge on any atom is -0.339 e. The molecule has 4 aromatic rings. The molecule has 12 heteroatoms. The molecule has 1 fully saturated rings. The third-order valence-electron chi connectivity index (χ3n) is 6.78. The van der Waals surface area contributed by atoms with Crippen LogP contribution in [0.3, 0.4) is 0 Å². The van der Waals surface area contributed by atoms with Crippen LogP contribution in [-0.4, -0.2) is 49.7 Å². The second-order valence-electron chi connectivity index (χ2n) is 9.59. The number of aromatic nitrogens is 4. The van der Waals surface area contributed by atoms with Crippen LogP contribution in [0.5, 0.6) is 0 Å². The van der Waals surface area contributed by atoms with E-state index < -0.39 is 0 Å². The number of carbonyl (C=O) groups excluding carboxylic acids is 2. The normalized spacial score (nSPS) is 16.2. The molecule has 2 aliphatic heterocycles. The van der Waals surface area contributed by atoms with Gasteiger partial charge >= 0.3 is 0 Å². The predicted molar refractivity (Wildman–Crippen MR) is 151 cm³/mol. The summed E-state index contributed by atoms with van der Waals surface area (Å²) in [5, 5.41) is 12.2. The molecule has 5 heterocycles. The highest BCUT2D eigenvalue weighted by Gasteiger charge is 2.29. The molecule has 3 N–H and O–H groups in total. The van der Waals surface area contributed by atoms with E-state index >= 15 is 0 Å². The van der Waals surface area contributed by atoms with Gasteiger partial charge in [0.15, 0.2) is 10.8 Å². The van der Waals surface area contributed by atoms with Gasteiger partial charge in [0.25, 0.3) is 5.91 Å². The van der Waals surface area contributed by atoms with E-state index in [9.17, 15) is 9.59 Å². The van der Waals surface area contributed by atoms with Crippen molar-refractivity contribution in [3.63, 3.8) is 0 Å². The molecule has 10 nitrogen and oxygen atoms in total. The van der Waals surface area contributed by atoms with E-state index in [1.807, 2.05) is 30.5 Å². The Morgan fingerprint density at radius 3 is 2.90 bits per heavy atom. The van der Waals surface area contributed by atoms with E-state index in [1.54, 1.807) is 28.9 Å². The van der Waals surface area contributed by atoms with Gasteiger partial charge in [0.2, 0.25) is 11.9 Å². The summed E-state index contributed by atoms with van der Waals surface area (Å²) >= 11 is 7.70. The number of rotatable bonds is 4. The molecule has 0 saturated carbocycles. The summed E-state index contributed by atoms with van der Waals surface area (Å²) in [5.41, 5.74) is 4.35. The fraction of sp³-hybridized carbons (Fsp3) is 0.259. The van der Waals surface area contributed by atoms with Crippen LogP contribution in [0.2, 0.25) is 5.02 Å². The summed E-state index contributed by atoms with van der Waals surface area (Å²) in [7, 11) is 0. The molecule has 2 aliphatic rings. The number of nitrogens with zero attached hydrogens (tertiary/aromatic N) is 5. The van der Waals surface area contributed by atoms with Crippen molar-refractivity contribution in [1.29, 1.82) is 0 Å². The predicted octanol–water partition coefficient (Wildman–Crippen LogP) is 5.06. The van der Waals surface area contributed by atoms with Gasteiger partial charge in [-0.15, -0.1) is 11.3 Å². The summed E-state index contributed by atoms with van der Waals surface area (Å²) in [6.07, 6.45) is 9.27. The van der Waals surface area contributed by atoms with Crippen LogP contribution in [0.1, 0.15) is 33.8 Å². The Bertz CT molecular complexity index is 1530. The number of fused-ring (bicyclic) bond motifs is 6. The Labute approximate surface area is 233 Å². The van der Waals surface area contributed by atoms with Crippen LogP contribution in [0, 0.1) is 5.92 Å². The van der Waals surface area contributed by atoms with Gasteiger partial charge in [-0.1, -0.05) is 11.6 Å². The first-order valence-electron chi connectivity index (χ1n) is 12.6. The van der Waals surface area contributed by atoms with E-state index in [4.69, 9.17) is 11.6 Å². The number of halogens is 1. The van der Waals surface area contributed by atoms with Gasteiger partial charge in [-0.2, -0.15) is 4.98 Å². The zero-order valence-electron chi connectivity index (χ0n) is 20.9. The van der Waals surface area contributed by atoms with Crippen molar-refractivity contribution in [2.45, 2.75) is 25.7 Å². The largest absolute Gasteiger partial charge is 0.339 e. The zero-order valence-corrected chi connectivity index (χ0v) is 22.4. The molecule has 39 heavy (non-hydrogen) atoms. The molecule has 198 valence electrons. The van der Waals surface area contributed by atoms with Crippen LogP contribution >= 0.6 is 22.9 Å². The lowest BCUT2D eigenvalue weighted by Crippen LogP contribution is -2.29. The van der Waals surface area contributed by atoms with Gasteiger partial charge in [0.05, 0.1) is 18.1 Å². The molecular formula is C27H25ClN8O2S. The lowest BCUT2D eigenvalue weighted by molar-refractivity contribution is -0.117. The highest BCUT2D eigenvalue weighted by atomic mass is 35.5. The number of amides is 2. The number of benzene rings is 1. The fourth-order valence-electron chi connectivity index (χ4n) is 4.86. The fourth-order valence-corrected chi connectivity index (χ4v) is 5.60. The van der Waals surface area contributed by atoms with Crippen LogP contribution in [0.4, 0.5) is 28.8 Å². The highest BCUT2D eigenvalue weighted by molar-refractivity contribution is 7.11. The van der Waals surface area contributed by atoms with Gasteiger partial charge in [0, 0.05) is 48.7 Å². The van der Waals surface area contributed by atoms with Crippen molar-refractivity contribution in [3.05, 3.63) is 75.6 Å². The van der Waals surface area contributed by atoms with Crippen molar-refractivity contribution in [1.82, 2.24) is 24.8 Å². The van der Waals surface area contributed by atoms with Crippen LogP contribution in [0.15, 0.2) is 54.4 Å². The average Bonchev–Trinajstić information content (AvgIpc) is 3.63. The smallest absolute Gasteiger partial charge is 0.282 e. The molecule has 6 bridgehead atoms. The molecule has 6 rings (SSSR count). The van der Waals surface area contributed by atoms with Crippen molar-refractivity contribution < 1.29 is 9.59 Å². The molecular weight excluding hydrogens is 536 g/mol. The van der Waals surface area contributed by atoms with Gasteiger partial charge in [-0.25, -0.2) is 9.97 Å². The van der Waals surface area contributed by atoms with Crippen molar-refractivity contribution in [2.75, 3.05) is 29.0 Å². The van der Waals surface area contributed by atoms with Crippen molar-refractivity contribution in [2.24, 2.45) is 5.92 Å². The minimum absolute atomic E-state index is 0.0630. The van der Waals surface area contributed by atoms with Gasteiger partial charge in [-0.05, 0) is 60.6 Å². The third kappa shape index (κ3) is 5.84. The van der Waals surface area contributed by atoms with Gasteiger partial charge < -0.3 is 20.9 Å². The first-order valence-corrected chi connectivity index (χ1v) is 13.9. The average molecular weight is 561 g/mol. The number of thiazole rings is 1. The Hall–Kier alpha value is -4.09. The quantitative estimate of drug-likeness (QED) is 0.316. The summed E-state index contributed by atoms with van der Waals surface area (Å²) in [4.78, 5) is 44.7. The van der Waals surface area contributed by atoms with Crippen LogP contribution in [-0.2, 0) is 17.6 Å². The summed E-state index contributed by atoms with van der Waals surface area (Å²) in [5.74, 6) is 0.850. The topological polar surface area (TPSA) is 125 Å². The molecule has 0 unspecified atom stereocenters. The van der Waals surface area contributed by atoms with E-state index in [1.165, 1.54) is 11.3 Å². The summed E-state index contributed by atoms with van der Waals surface area (Å²) in [6, 6.07) is 7.79. The number of pyridine rings is 1. The molecule has 0 spiro atoms. The lowest BCUT2D eigenvalue weighted by atomic mass is 10.0. The molecule has 3 aromatic heterocycles. The van der Waals surface area contributed by atoms with Crippen LogP contribution < -0.4 is 16.0 Å². The Morgan fingerprint density at radius 1 is 1.10 bits per heavy atom. The monoisotopic (exact) mass is 560 g/mol. The van der Waals surface area contributed by atoms with Gasteiger partial charge in [-0.3, -0.25) is 14.6 Å². The zero-order chi connectivity index (χ0) is 26.8. The first kappa shape index (κ1) is 25.2. The number of nitrogens with one attached hydrogen (secondary N) is 3. The number of hydrogen-bond acceptors (Lipinski definition) is 9. The minimum atomic E-state index is -0.0697. The van der Waals surface area contributed by atoms with Gasteiger partial charge in [0.1, 0.15) is 5.02 Å². The van der Waals surface area contributed by atoms with Crippen LogP contribution in [0.25, 0.3) is 0 Å². The van der Waals surface area contributed by atoms with E-state index in [0.29, 0.717) is 47.7 Å². The maximum atomic E-state index is 13.1. The molecule has 0 radical (unpaired) electrons. The third-order valence-corrected chi connectivity index (χ3v) is 7.82. The van der Waals surface area contributed by atoms with Crippen molar-refractivity contribution >= 4 is 63.6 Å². The highest BCUT2D eigenvalue weighted by Crippen LogP contribution is 2.30. The Morgan fingerprint density at radius 2 is 2.03 bits per heavy atom.